The van der Waals surface area contributed by atoms with Gasteiger partial charge in [-0.1, -0.05) is 19.9 Å². The topological polar surface area (TPSA) is 54.4 Å². The number of fused-ring (bicyclic) bond motifs is 1. The SMILES string of the molecule is CC(C)CN1CCOc2c(F)cc(-c3nc(Cc4ccc(C5CCN(C)CC5)cn4)ncc3F)cc21. The molecule has 0 atom stereocenters. The van der Waals surface area contributed by atoms with E-state index in [-0.39, 0.29) is 11.4 Å². The van der Waals surface area contributed by atoms with Crippen molar-refractivity contribution >= 4 is 5.69 Å². The van der Waals surface area contributed by atoms with Gasteiger partial charge in [-0.05, 0) is 68.6 Å². The van der Waals surface area contributed by atoms with E-state index in [9.17, 15) is 8.78 Å². The number of halogens is 2. The summed E-state index contributed by atoms with van der Waals surface area (Å²) in [5, 5.41) is 0. The largest absolute Gasteiger partial charge is 0.486 e. The van der Waals surface area contributed by atoms with E-state index >= 15 is 0 Å². The Balaban J connectivity index is 1.38. The van der Waals surface area contributed by atoms with E-state index < -0.39 is 11.6 Å². The summed E-state index contributed by atoms with van der Waals surface area (Å²) in [5.41, 5.74) is 3.16. The maximum atomic E-state index is 15.0. The lowest BCUT2D eigenvalue weighted by molar-refractivity contribution is 0.255. The van der Waals surface area contributed by atoms with Gasteiger partial charge in [-0.3, -0.25) is 4.98 Å². The highest BCUT2D eigenvalue weighted by molar-refractivity contribution is 5.72. The van der Waals surface area contributed by atoms with Gasteiger partial charge in [-0.25, -0.2) is 18.7 Å². The van der Waals surface area contributed by atoms with Crippen molar-refractivity contribution in [1.82, 2.24) is 19.9 Å². The van der Waals surface area contributed by atoms with Crippen molar-refractivity contribution in [3.8, 4) is 17.0 Å². The van der Waals surface area contributed by atoms with Crippen LogP contribution in [0.5, 0.6) is 5.75 Å². The lowest BCUT2D eigenvalue weighted by Gasteiger charge is -2.33. The van der Waals surface area contributed by atoms with E-state index in [4.69, 9.17) is 4.74 Å². The third-order valence-corrected chi connectivity index (χ3v) is 7.00. The molecule has 0 radical (unpaired) electrons. The van der Waals surface area contributed by atoms with Crippen LogP contribution in [0.15, 0.2) is 36.7 Å². The summed E-state index contributed by atoms with van der Waals surface area (Å²) in [4.78, 5) is 17.7. The Morgan fingerprint density at radius 1 is 1.03 bits per heavy atom. The average Bonchev–Trinajstić information content (AvgIpc) is 2.86. The monoisotopic (exact) mass is 493 g/mol. The van der Waals surface area contributed by atoms with Gasteiger partial charge in [0.15, 0.2) is 17.4 Å². The van der Waals surface area contributed by atoms with Gasteiger partial charge in [0.1, 0.15) is 18.1 Å². The first-order valence-corrected chi connectivity index (χ1v) is 12.7. The minimum atomic E-state index is -0.587. The van der Waals surface area contributed by atoms with E-state index in [1.54, 1.807) is 6.07 Å². The molecule has 6 nitrogen and oxygen atoms in total. The number of nitrogens with zero attached hydrogens (tertiary/aromatic N) is 5. The van der Waals surface area contributed by atoms with Crippen molar-refractivity contribution in [2.24, 2.45) is 5.92 Å². The van der Waals surface area contributed by atoms with E-state index in [2.05, 4.69) is 51.7 Å². The normalized spacial score (nSPS) is 16.8. The van der Waals surface area contributed by atoms with Gasteiger partial charge in [-0.15, -0.1) is 0 Å². The zero-order valence-electron chi connectivity index (χ0n) is 21.2. The van der Waals surface area contributed by atoms with Crippen LogP contribution in [0, 0.1) is 17.6 Å². The van der Waals surface area contributed by atoms with Crippen LogP contribution in [0.3, 0.4) is 0 Å². The summed E-state index contributed by atoms with van der Waals surface area (Å²) in [5.74, 6) is 0.490. The van der Waals surface area contributed by atoms with Crippen LogP contribution < -0.4 is 9.64 Å². The van der Waals surface area contributed by atoms with Gasteiger partial charge in [0, 0.05) is 24.0 Å². The lowest BCUT2D eigenvalue weighted by Crippen LogP contribution is -2.35. The van der Waals surface area contributed by atoms with Gasteiger partial charge in [0.2, 0.25) is 0 Å². The number of piperidine rings is 1. The first-order valence-electron chi connectivity index (χ1n) is 12.7. The fourth-order valence-electron chi connectivity index (χ4n) is 5.08. The highest BCUT2D eigenvalue weighted by Crippen LogP contribution is 2.38. The second-order valence-corrected chi connectivity index (χ2v) is 10.3. The number of pyridine rings is 1. The molecule has 0 N–H and O–H groups in total. The summed E-state index contributed by atoms with van der Waals surface area (Å²) in [6, 6.07) is 7.19. The van der Waals surface area contributed by atoms with Crippen LogP contribution in [0.1, 0.15) is 49.7 Å². The molecule has 4 heterocycles. The molecule has 2 aromatic heterocycles. The molecule has 0 aliphatic carbocycles. The van der Waals surface area contributed by atoms with Crippen molar-refractivity contribution < 1.29 is 13.5 Å². The molecule has 5 rings (SSSR count). The van der Waals surface area contributed by atoms with Crippen LogP contribution >= 0.6 is 0 Å². The fraction of sp³-hybridized carbons (Fsp3) is 0.464. The Hall–Kier alpha value is -3.13. The lowest BCUT2D eigenvalue weighted by atomic mass is 9.90. The Bertz CT molecular complexity index is 1210. The minimum Gasteiger partial charge on any atom is -0.486 e. The van der Waals surface area contributed by atoms with Crippen LogP contribution in [0.4, 0.5) is 14.5 Å². The van der Waals surface area contributed by atoms with Gasteiger partial charge in [-0.2, -0.15) is 0 Å². The fourth-order valence-corrected chi connectivity index (χ4v) is 5.08. The second-order valence-electron chi connectivity index (χ2n) is 10.3. The first-order chi connectivity index (χ1) is 17.4. The molecule has 0 unspecified atom stereocenters. The zero-order valence-corrected chi connectivity index (χ0v) is 21.2. The highest BCUT2D eigenvalue weighted by Gasteiger charge is 2.25. The summed E-state index contributed by atoms with van der Waals surface area (Å²) in [6.45, 7) is 8.26. The van der Waals surface area contributed by atoms with E-state index in [0.717, 1.165) is 44.4 Å². The van der Waals surface area contributed by atoms with Crippen molar-refractivity contribution in [2.75, 3.05) is 44.7 Å². The van der Waals surface area contributed by atoms with Crippen LogP contribution in [0.25, 0.3) is 11.3 Å². The van der Waals surface area contributed by atoms with Crippen molar-refractivity contribution in [1.29, 1.82) is 0 Å². The molecule has 1 saturated heterocycles. The summed E-state index contributed by atoms with van der Waals surface area (Å²) in [7, 11) is 2.16. The average molecular weight is 494 g/mol. The third-order valence-electron chi connectivity index (χ3n) is 7.00. The minimum absolute atomic E-state index is 0.0831. The summed E-state index contributed by atoms with van der Waals surface area (Å²) >= 11 is 0. The predicted molar refractivity (Wildman–Crippen MR) is 136 cm³/mol. The van der Waals surface area contributed by atoms with E-state index in [1.165, 1.54) is 11.6 Å². The second kappa shape index (κ2) is 10.5. The standard InChI is InChI=1S/C28H33F2N5O/c1-18(2)17-35-10-11-36-28-23(29)12-21(13-25(28)35)27-24(30)16-32-26(33-27)14-22-5-4-20(15-31-22)19-6-8-34(3)9-7-19/h4-5,12-13,15-16,18-19H,6-11,14,17H2,1-3H3. The number of benzene rings is 1. The third kappa shape index (κ3) is 5.33. The molecule has 1 fully saturated rings. The van der Waals surface area contributed by atoms with E-state index in [1.807, 2.05) is 12.3 Å². The number of aromatic nitrogens is 3. The summed E-state index contributed by atoms with van der Waals surface area (Å²) < 4.78 is 35.4. The molecular weight excluding hydrogens is 460 g/mol. The molecule has 0 saturated carbocycles. The van der Waals surface area contributed by atoms with Crippen molar-refractivity contribution in [3.63, 3.8) is 0 Å². The molecule has 2 aliphatic heterocycles. The van der Waals surface area contributed by atoms with Gasteiger partial charge >= 0.3 is 0 Å². The number of hydrogen-bond acceptors (Lipinski definition) is 6. The molecule has 0 spiro atoms. The Labute approximate surface area is 211 Å². The van der Waals surface area contributed by atoms with Gasteiger partial charge in [0.05, 0.1) is 24.8 Å². The van der Waals surface area contributed by atoms with Gasteiger partial charge < -0.3 is 14.5 Å². The number of likely N-dealkylation sites (tertiary alicyclic amines) is 1. The molecular formula is C28H33F2N5O. The maximum absolute atomic E-state index is 15.0. The number of ether oxygens (including phenoxy) is 1. The smallest absolute Gasteiger partial charge is 0.178 e. The van der Waals surface area contributed by atoms with Gasteiger partial charge in [0.25, 0.3) is 0 Å². The zero-order chi connectivity index (χ0) is 25.2. The Morgan fingerprint density at radius 2 is 1.83 bits per heavy atom. The maximum Gasteiger partial charge on any atom is 0.178 e. The first kappa shape index (κ1) is 24.6. The number of anilines is 1. The molecule has 1 aromatic carbocycles. The van der Waals surface area contributed by atoms with Crippen LogP contribution in [-0.4, -0.2) is 59.7 Å². The molecule has 3 aromatic rings. The summed E-state index contributed by atoms with van der Waals surface area (Å²) in [6.07, 6.45) is 5.75. The van der Waals surface area contributed by atoms with Crippen LogP contribution in [-0.2, 0) is 6.42 Å². The van der Waals surface area contributed by atoms with Crippen LogP contribution in [0.2, 0.25) is 0 Å². The van der Waals surface area contributed by atoms with Crippen molar-refractivity contribution in [3.05, 3.63) is 65.4 Å². The molecule has 190 valence electrons. The Kier molecular flexibility index (Phi) is 7.14. The van der Waals surface area contributed by atoms with E-state index in [0.29, 0.717) is 48.5 Å². The molecule has 0 amide bonds. The molecule has 2 aliphatic rings. The number of hydrogen-bond donors (Lipinski definition) is 0. The molecule has 8 heteroatoms. The quantitative estimate of drug-likeness (QED) is 0.478. The van der Waals surface area contributed by atoms with Crippen molar-refractivity contribution in [2.45, 2.75) is 39.0 Å². The predicted octanol–water partition coefficient (Wildman–Crippen LogP) is 5.07. The molecule has 0 bridgehead atoms. The number of rotatable bonds is 6. The Morgan fingerprint density at radius 3 is 2.56 bits per heavy atom. The molecule has 36 heavy (non-hydrogen) atoms. The highest BCUT2D eigenvalue weighted by atomic mass is 19.1.